The summed E-state index contributed by atoms with van der Waals surface area (Å²) in [4.78, 5) is 4.53. The fourth-order valence-electron chi connectivity index (χ4n) is 1.93. The number of benzene rings is 1. The van der Waals surface area contributed by atoms with E-state index < -0.39 is 0 Å². The first-order valence-electron chi connectivity index (χ1n) is 7.96. The summed E-state index contributed by atoms with van der Waals surface area (Å²) < 4.78 is 6.31. The molecule has 0 fully saturated rings. The van der Waals surface area contributed by atoms with E-state index in [0.29, 0.717) is 12.0 Å². The van der Waals surface area contributed by atoms with Crippen molar-refractivity contribution in [2.75, 3.05) is 0 Å². The Kier molecular flexibility index (Phi) is 6.00. The number of aliphatic imine (C=N–C) groups is 1. The molecular formula is C19H31NO. The molecule has 21 heavy (non-hydrogen) atoms. The third-order valence-electron chi connectivity index (χ3n) is 3.61. The summed E-state index contributed by atoms with van der Waals surface area (Å²) in [5, 5.41) is 0. The summed E-state index contributed by atoms with van der Waals surface area (Å²) in [5.74, 6) is 1.46. The highest BCUT2D eigenvalue weighted by atomic mass is 16.5. The first kappa shape index (κ1) is 17.7. The van der Waals surface area contributed by atoms with Gasteiger partial charge in [0, 0.05) is 23.4 Å². The van der Waals surface area contributed by atoms with Gasteiger partial charge in [0.15, 0.2) is 0 Å². The zero-order valence-corrected chi connectivity index (χ0v) is 14.9. The second-order valence-corrected chi connectivity index (χ2v) is 7.41. The highest BCUT2D eigenvalue weighted by Crippen LogP contribution is 2.34. The number of nitrogens with zero attached hydrogens (tertiary/aromatic N) is 1. The Morgan fingerprint density at radius 2 is 1.67 bits per heavy atom. The van der Waals surface area contributed by atoms with Crippen LogP contribution in [0.3, 0.4) is 0 Å². The molecule has 0 N–H and O–H groups in total. The van der Waals surface area contributed by atoms with E-state index in [1.807, 2.05) is 6.21 Å². The van der Waals surface area contributed by atoms with Crippen LogP contribution in [-0.2, 0) is 5.41 Å². The van der Waals surface area contributed by atoms with Gasteiger partial charge in [-0.25, -0.2) is 0 Å². The number of para-hydroxylation sites is 1. The zero-order chi connectivity index (χ0) is 16.2. The van der Waals surface area contributed by atoms with Crippen molar-refractivity contribution < 1.29 is 4.74 Å². The Balaban J connectivity index is 3.30. The van der Waals surface area contributed by atoms with Crippen molar-refractivity contribution in [3.8, 4) is 5.75 Å². The monoisotopic (exact) mass is 289 g/mol. The number of ether oxygens (including phenoxy) is 1. The van der Waals surface area contributed by atoms with Crippen LogP contribution < -0.4 is 4.74 Å². The largest absolute Gasteiger partial charge is 0.489 e. The minimum absolute atomic E-state index is 0.0493. The van der Waals surface area contributed by atoms with Crippen molar-refractivity contribution in [3.63, 3.8) is 0 Å². The average molecular weight is 289 g/mol. The summed E-state index contributed by atoms with van der Waals surface area (Å²) in [6.07, 6.45) is 2.13. The van der Waals surface area contributed by atoms with Crippen LogP contribution >= 0.6 is 0 Å². The van der Waals surface area contributed by atoms with Gasteiger partial charge in [-0.3, -0.25) is 4.99 Å². The van der Waals surface area contributed by atoms with E-state index in [4.69, 9.17) is 4.74 Å². The van der Waals surface area contributed by atoms with E-state index in [2.05, 4.69) is 78.6 Å². The zero-order valence-electron chi connectivity index (χ0n) is 14.9. The molecule has 0 aliphatic heterocycles. The van der Waals surface area contributed by atoms with Crippen LogP contribution in [0.15, 0.2) is 23.2 Å². The molecular weight excluding hydrogens is 258 g/mol. The maximum atomic E-state index is 6.31. The Morgan fingerprint density at radius 1 is 1.05 bits per heavy atom. The van der Waals surface area contributed by atoms with E-state index in [0.717, 1.165) is 11.3 Å². The lowest BCUT2D eigenvalue weighted by Crippen LogP contribution is -2.23. The van der Waals surface area contributed by atoms with Crippen molar-refractivity contribution in [2.24, 2.45) is 10.9 Å². The van der Waals surface area contributed by atoms with Crippen LogP contribution in [0, 0.1) is 5.92 Å². The number of hydrogen-bond donors (Lipinski definition) is 0. The molecule has 0 aliphatic rings. The molecule has 0 saturated heterocycles. The van der Waals surface area contributed by atoms with Crippen LogP contribution in [-0.4, -0.2) is 18.4 Å². The molecule has 1 rings (SSSR count). The van der Waals surface area contributed by atoms with Crippen LogP contribution in [0.1, 0.15) is 66.5 Å². The van der Waals surface area contributed by atoms with Crippen molar-refractivity contribution >= 4 is 6.21 Å². The molecule has 0 radical (unpaired) electrons. The third kappa shape index (κ3) is 5.18. The van der Waals surface area contributed by atoms with Gasteiger partial charge < -0.3 is 4.74 Å². The minimum atomic E-state index is 0.0493. The Morgan fingerprint density at radius 3 is 2.14 bits per heavy atom. The fourth-order valence-corrected chi connectivity index (χ4v) is 1.93. The minimum Gasteiger partial charge on any atom is -0.489 e. The van der Waals surface area contributed by atoms with Crippen LogP contribution in [0.5, 0.6) is 5.75 Å². The van der Waals surface area contributed by atoms with E-state index in [9.17, 15) is 0 Å². The summed E-state index contributed by atoms with van der Waals surface area (Å²) >= 11 is 0. The molecule has 2 heteroatoms. The molecule has 1 aromatic carbocycles. The predicted molar refractivity (Wildman–Crippen MR) is 92.8 cm³/mol. The molecule has 0 aliphatic carbocycles. The van der Waals surface area contributed by atoms with E-state index in [-0.39, 0.29) is 11.5 Å². The van der Waals surface area contributed by atoms with Gasteiger partial charge in [0.2, 0.25) is 0 Å². The van der Waals surface area contributed by atoms with Crippen molar-refractivity contribution in [1.82, 2.24) is 0 Å². The summed E-state index contributed by atoms with van der Waals surface area (Å²) in [7, 11) is 0. The highest BCUT2D eigenvalue weighted by molar-refractivity contribution is 5.84. The lowest BCUT2D eigenvalue weighted by atomic mass is 9.85. The van der Waals surface area contributed by atoms with E-state index in [1.165, 1.54) is 5.56 Å². The van der Waals surface area contributed by atoms with Gasteiger partial charge in [0.05, 0.1) is 6.10 Å². The Labute approximate surface area is 130 Å². The van der Waals surface area contributed by atoms with Gasteiger partial charge in [-0.2, -0.15) is 0 Å². The first-order valence-corrected chi connectivity index (χ1v) is 7.96. The highest BCUT2D eigenvalue weighted by Gasteiger charge is 2.22. The third-order valence-corrected chi connectivity index (χ3v) is 3.61. The molecule has 0 bridgehead atoms. The maximum Gasteiger partial charge on any atom is 0.132 e. The molecule has 2 nitrogen and oxygen atoms in total. The Bertz CT molecular complexity index is 481. The van der Waals surface area contributed by atoms with Gasteiger partial charge in [-0.05, 0) is 38.2 Å². The summed E-state index contributed by atoms with van der Waals surface area (Å²) in [6, 6.07) is 6.63. The Hall–Kier alpha value is -1.31. The molecule has 1 aromatic rings. The maximum absolute atomic E-state index is 6.31. The lowest BCUT2D eigenvalue weighted by molar-refractivity contribution is 0.166. The second-order valence-electron chi connectivity index (χ2n) is 7.41. The van der Waals surface area contributed by atoms with Crippen LogP contribution in [0.25, 0.3) is 0 Å². The molecule has 0 saturated carbocycles. The molecule has 118 valence electrons. The van der Waals surface area contributed by atoms with Crippen LogP contribution in [0.2, 0.25) is 0 Å². The van der Waals surface area contributed by atoms with Crippen LogP contribution in [0.4, 0.5) is 0 Å². The number of hydrogen-bond acceptors (Lipinski definition) is 2. The average Bonchev–Trinajstić information content (AvgIpc) is 2.35. The van der Waals surface area contributed by atoms with Gasteiger partial charge in [0.25, 0.3) is 0 Å². The predicted octanol–water partition coefficient (Wildman–Crippen LogP) is 5.23. The molecule has 0 heterocycles. The number of rotatable bonds is 5. The van der Waals surface area contributed by atoms with Gasteiger partial charge in [0.1, 0.15) is 5.75 Å². The van der Waals surface area contributed by atoms with Gasteiger partial charge in [-0.1, -0.05) is 46.8 Å². The van der Waals surface area contributed by atoms with E-state index >= 15 is 0 Å². The molecule has 0 spiro atoms. The topological polar surface area (TPSA) is 21.6 Å². The summed E-state index contributed by atoms with van der Waals surface area (Å²) in [6.45, 7) is 17.3. The van der Waals surface area contributed by atoms with Crippen molar-refractivity contribution in [2.45, 2.75) is 73.0 Å². The first-order chi connectivity index (χ1) is 9.62. The molecule has 1 atom stereocenters. The quantitative estimate of drug-likeness (QED) is 0.680. The molecule has 0 amide bonds. The fraction of sp³-hybridized carbons (Fsp3) is 0.632. The smallest absolute Gasteiger partial charge is 0.132 e. The van der Waals surface area contributed by atoms with E-state index in [1.54, 1.807) is 0 Å². The van der Waals surface area contributed by atoms with Gasteiger partial charge in [-0.15, -0.1) is 0 Å². The normalized spacial score (nSPS) is 14.2. The second kappa shape index (κ2) is 7.11. The standard InChI is InChI=1S/C19H31NO/c1-13(2)15(5)21-18-16(12-20-14(3)4)10-9-11-17(18)19(6,7)8/h9-15H,1-8H3. The van der Waals surface area contributed by atoms with Crippen molar-refractivity contribution in [1.29, 1.82) is 0 Å². The van der Waals surface area contributed by atoms with Gasteiger partial charge >= 0.3 is 0 Å². The summed E-state index contributed by atoms with van der Waals surface area (Å²) in [5.41, 5.74) is 2.36. The lowest BCUT2D eigenvalue weighted by Gasteiger charge is -2.27. The SMILES string of the molecule is CC(C)N=Cc1cccc(C(C)(C)C)c1OC(C)C(C)C. The van der Waals surface area contributed by atoms with Crippen molar-refractivity contribution in [3.05, 3.63) is 29.3 Å². The molecule has 0 aromatic heterocycles. The molecule has 1 unspecified atom stereocenters.